The number of hydrogen-bond donors (Lipinski definition) is 0. The number of likely N-dealkylation sites (tertiary alicyclic amines) is 1. The van der Waals surface area contributed by atoms with Crippen LogP contribution in [0.25, 0.3) is 6.08 Å². The molecule has 1 heterocycles. The highest BCUT2D eigenvalue weighted by Gasteiger charge is 2.36. The maximum absolute atomic E-state index is 12.7. The Morgan fingerprint density at radius 1 is 1.41 bits per heavy atom. The van der Waals surface area contributed by atoms with E-state index in [1.165, 1.54) is 11.9 Å². The van der Waals surface area contributed by atoms with Crippen LogP contribution in [-0.4, -0.2) is 47.7 Å². The van der Waals surface area contributed by atoms with Crippen molar-refractivity contribution in [3.63, 3.8) is 0 Å². The molecule has 0 aliphatic carbocycles. The highest BCUT2D eigenvalue weighted by molar-refractivity contribution is 6.04. The van der Waals surface area contributed by atoms with Gasteiger partial charge in [0.15, 0.2) is 0 Å². The van der Waals surface area contributed by atoms with E-state index in [-0.39, 0.29) is 24.1 Å². The largest absolute Gasteiger partial charge is 0.330 e. The number of nitrogens with zero attached hydrogens (tertiary/aromatic N) is 2. The number of piperidine rings is 1. The minimum Gasteiger partial charge on any atom is -0.330 e. The lowest BCUT2D eigenvalue weighted by molar-refractivity contribution is -0.150. The van der Waals surface area contributed by atoms with E-state index >= 15 is 0 Å². The number of rotatable bonds is 3. The summed E-state index contributed by atoms with van der Waals surface area (Å²) in [6.45, 7) is 5.66. The molecule has 1 aromatic rings. The van der Waals surface area contributed by atoms with Gasteiger partial charge >= 0.3 is 0 Å². The van der Waals surface area contributed by atoms with Crippen LogP contribution in [-0.2, 0) is 9.59 Å². The van der Waals surface area contributed by atoms with Crippen LogP contribution in [0.5, 0.6) is 0 Å². The van der Waals surface area contributed by atoms with Crippen molar-refractivity contribution in [2.75, 3.05) is 14.1 Å². The number of carbonyl (C=O) groups is 3. The van der Waals surface area contributed by atoms with E-state index in [2.05, 4.69) is 6.58 Å². The van der Waals surface area contributed by atoms with Crippen LogP contribution in [0.4, 0.5) is 0 Å². The molecule has 0 spiro atoms. The molecule has 5 heteroatoms. The third-order valence-corrected chi connectivity index (χ3v) is 4.17. The third kappa shape index (κ3) is 2.66. The second-order valence-corrected chi connectivity index (χ2v) is 5.50. The van der Waals surface area contributed by atoms with Crippen molar-refractivity contribution in [1.29, 1.82) is 0 Å². The molecule has 0 aromatic heterocycles. The first kappa shape index (κ1) is 15.9. The molecule has 1 saturated heterocycles. The van der Waals surface area contributed by atoms with Gasteiger partial charge in [-0.3, -0.25) is 19.3 Å². The first-order chi connectivity index (χ1) is 10.4. The predicted molar refractivity (Wildman–Crippen MR) is 84.2 cm³/mol. The number of imide groups is 1. The van der Waals surface area contributed by atoms with Crippen molar-refractivity contribution in [3.8, 4) is 0 Å². The topological polar surface area (TPSA) is 57.7 Å². The van der Waals surface area contributed by atoms with Crippen molar-refractivity contribution in [1.82, 2.24) is 9.80 Å². The second kappa shape index (κ2) is 6.13. The molecule has 1 aliphatic rings. The van der Waals surface area contributed by atoms with Gasteiger partial charge in [-0.25, -0.2) is 0 Å². The summed E-state index contributed by atoms with van der Waals surface area (Å²) in [5, 5.41) is 0. The molecule has 3 amide bonds. The summed E-state index contributed by atoms with van der Waals surface area (Å²) in [7, 11) is 3.06. The SMILES string of the molecule is C=Cc1c(C)cccc1C(=O)N(C)C1CCC(=O)N(C)C1=O. The minimum absolute atomic E-state index is 0.204. The summed E-state index contributed by atoms with van der Waals surface area (Å²) in [5.74, 6) is -0.774. The van der Waals surface area contributed by atoms with E-state index in [1.807, 2.05) is 19.1 Å². The van der Waals surface area contributed by atoms with Gasteiger partial charge < -0.3 is 4.90 Å². The molecule has 1 aromatic carbocycles. The summed E-state index contributed by atoms with van der Waals surface area (Å²) in [6, 6.07) is 4.84. The van der Waals surface area contributed by atoms with Crippen molar-refractivity contribution in [2.45, 2.75) is 25.8 Å². The lowest BCUT2D eigenvalue weighted by Gasteiger charge is -2.34. The molecule has 1 fully saturated rings. The van der Waals surface area contributed by atoms with Gasteiger partial charge in [-0.2, -0.15) is 0 Å². The lowest BCUT2D eigenvalue weighted by atomic mass is 9.98. The molecule has 0 N–H and O–H groups in total. The zero-order valence-electron chi connectivity index (χ0n) is 13.1. The van der Waals surface area contributed by atoms with Gasteiger partial charge in [0.1, 0.15) is 6.04 Å². The summed E-state index contributed by atoms with van der Waals surface area (Å²) in [4.78, 5) is 39.0. The maximum Gasteiger partial charge on any atom is 0.254 e. The van der Waals surface area contributed by atoms with Gasteiger partial charge in [-0.05, 0) is 30.5 Å². The van der Waals surface area contributed by atoms with Gasteiger partial charge in [0.2, 0.25) is 5.91 Å². The number of benzene rings is 1. The first-order valence-electron chi connectivity index (χ1n) is 7.18. The van der Waals surface area contributed by atoms with Crippen LogP contribution in [0.1, 0.15) is 34.3 Å². The fourth-order valence-electron chi connectivity index (χ4n) is 2.73. The zero-order valence-corrected chi connectivity index (χ0v) is 13.1. The van der Waals surface area contributed by atoms with Gasteiger partial charge in [-0.15, -0.1) is 0 Å². The van der Waals surface area contributed by atoms with Crippen molar-refractivity contribution in [3.05, 3.63) is 41.5 Å². The molecular formula is C17H20N2O3. The Kier molecular flexibility index (Phi) is 4.45. The Morgan fingerprint density at radius 3 is 2.73 bits per heavy atom. The van der Waals surface area contributed by atoms with E-state index in [0.29, 0.717) is 12.0 Å². The second-order valence-electron chi connectivity index (χ2n) is 5.50. The third-order valence-electron chi connectivity index (χ3n) is 4.17. The summed E-state index contributed by atoms with van der Waals surface area (Å²) in [5.41, 5.74) is 2.24. The number of aryl methyl sites for hydroxylation is 1. The Hall–Kier alpha value is -2.43. The normalized spacial score (nSPS) is 18.3. The fraction of sp³-hybridized carbons (Fsp3) is 0.353. The molecule has 1 atom stereocenters. The number of hydrogen-bond acceptors (Lipinski definition) is 3. The van der Waals surface area contributed by atoms with E-state index in [9.17, 15) is 14.4 Å². The zero-order chi connectivity index (χ0) is 16.4. The molecule has 5 nitrogen and oxygen atoms in total. The smallest absolute Gasteiger partial charge is 0.254 e. The lowest BCUT2D eigenvalue weighted by Crippen LogP contribution is -2.53. The molecule has 116 valence electrons. The predicted octanol–water partition coefficient (Wildman–Crippen LogP) is 1.86. The van der Waals surface area contributed by atoms with Gasteiger partial charge in [-0.1, -0.05) is 24.8 Å². The Labute approximate surface area is 130 Å². The van der Waals surface area contributed by atoms with Crippen molar-refractivity contribution >= 4 is 23.8 Å². The average molecular weight is 300 g/mol. The quantitative estimate of drug-likeness (QED) is 0.801. The van der Waals surface area contributed by atoms with E-state index in [1.54, 1.807) is 19.2 Å². The van der Waals surface area contributed by atoms with Crippen LogP contribution in [0.15, 0.2) is 24.8 Å². The fourth-order valence-corrected chi connectivity index (χ4v) is 2.73. The van der Waals surface area contributed by atoms with Crippen LogP contribution in [0.2, 0.25) is 0 Å². The van der Waals surface area contributed by atoms with Crippen LogP contribution in [0, 0.1) is 6.92 Å². The monoisotopic (exact) mass is 300 g/mol. The Bertz CT molecular complexity index is 651. The minimum atomic E-state index is -0.603. The van der Waals surface area contributed by atoms with E-state index in [4.69, 9.17) is 0 Å². The molecule has 1 aliphatic heterocycles. The van der Waals surface area contributed by atoms with Gasteiger partial charge in [0, 0.05) is 26.1 Å². The van der Waals surface area contributed by atoms with E-state index in [0.717, 1.165) is 16.0 Å². The molecular weight excluding hydrogens is 280 g/mol. The molecule has 1 unspecified atom stereocenters. The number of amides is 3. The summed E-state index contributed by atoms with van der Waals surface area (Å²) >= 11 is 0. The van der Waals surface area contributed by atoms with Crippen LogP contribution in [0.3, 0.4) is 0 Å². The Morgan fingerprint density at radius 2 is 2.09 bits per heavy atom. The highest BCUT2D eigenvalue weighted by atomic mass is 16.2. The summed E-state index contributed by atoms with van der Waals surface area (Å²) < 4.78 is 0. The molecule has 0 radical (unpaired) electrons. The maximum atomic E-state index is 12.7. The summed E-state index contributed by atoms with van der Waals surface area (Å²) in [6.07, 6.45) is 2.28. The van der Waals surface area contributed by atoms with Gasteiger partial charge in [0.05, 0.1) is 0 Å². The Balaban J connectivity index is 2.30. The highest BCUT2D eigenvalue weighted by Crippen LogP contribution is 2.21. The number of carbonyl (C=O) groups excluding carboxylic acids is 3. The molecule has 0 bridgehead atoms. The average Bonchev–Trinajstić information content (AvgIpc) is 2.51. The van der Waals surface area contributed by atoms with Crippen molar-refractivity contribution < 1.29 is 14.4 Å². The van der Waals surface area contributed by atoms with Crippen LogP contribution >= 0.6 is 0 Å². The molecule has 2 rings (SSSR count). The molecule has 22 heavy (non-hydrogen) atoms. The first-order valence-corrected chi connectivity index (χ1v) is 7.18. The van der Waals surface area contributed by atoms with Crippen LogP contribution < -0.4 is 0 Å². The number of likely N-dealkylation sites (N-methyl/N-ethyl adjacent to an activating group) is 2. The molecule has 0 saturated carbocycles. The van der Waals surface area contributed by atoms with E-state index < -0.39 is 6.04 Å². The standard InChI is InChI=1S/C17H20N2O3/c1-5-12-11(2)7-6-8-13(12)16(21)18(3)14-9-10-15(20)19(4)17(14)22/h5-8,14H,1,9-10H2,2-4H3. The van der Waals surface area contributed by atoms with Crippen molar-refractivity contribution in [2.24, 2.45) is 0 Å². The van der Waals surface area contributed by atoms with Gasteiger partial charge in [0.25, 0.3) is 11.8 Å².